The monoisotopic (exact) mass is 285 g/mol. The third kappa shape index (κ3) is 3.18. The van der Waals surface area contributed by atoms with Crippen LogP contribution in [0.15, 0.2) is 42.6 Å². The number of carbonyl (C=O) groups is 1. The fourth-order valence-corrected chi connectivity index (χ4v) is 2.16. The largest absolute Gasteiger partial charge is 0.338 e. The first-order valence-corrected chi connectivity index (χ1v) is 7.01. The van der Waals surface area contributed by atoms with Crippen molar-refractivity contribution in [3.8, 4) is 0 Å². The van der Waals surface area contributed by atoms with Crippen molar-refractivity contribution in [3.63, 3.8) is 0 Å². The Morgan fingerprint density at radius 1 is 1.19 bits per heavy atom. The van der Waals surface area contributed by atoms with E-state index < -0.39 is 0 Å². The van der Waals surface area contributed by atoms with E-state index in [1.165, 1.54) is 6.07 Å². The third-order valence-electron chi connectivity index (χ3n) is 3.64. The van der Waals surface area contributed by atoms with Gasteiger partial charge in [0.25, 0.3) is 0 Å². The second kappa shape index (κ2) is 5.91. The van der Waals surface area contributed by atoms with Gasteiger partial charge in [-0.05, 0) is 37.1 Å². The minimum Gasteiger partial charge on any atom is -0.338 e. The van der Waals surface area contributed by atoms with Crippen molar-refractivity contribution in [2.75, 3.05) is 10.6 Å². The van der Waals surface area contributed by atoms with Crippen molar-refractivity contribution in [2.24, 2.45) is 5.92 Å². The Kier molecular flexibility index (Phi) is 3.81. The molecule has 3 rings (SSSR count). The zero-order chi connectivity index (χ0) is 14.7. The van der Waals surface area contributed by atoms with Crippen LogP contribution in [0.4, 0.5) is 21.6 Å². The highest BCUT2D eigenvalue weighted by molar-refractivity contribution is 5.92. The molecule has 1 heterocycles. The van der Waals surface area contributed by atoms with Crippen molar-refractivity contribution in [1.29, 1.82) is 0 Å². The first-order valence-electron chi connectivity index (χ1n) is 7.01. The average molecular weight is 285 g/mol. The molecule has 1 aliphatic rings. The van der Waals surface area contributed by atoms with Gasteiger partial charge >= 0.3 is 0 Å². The van der Waals surface area contributed by atoms with Crippen molar-refractivity contribution >= 4 is 23.1 Å². The van der Waals surface area contributed by atoms with Crippen LogP contribution in [-0.4, -0.2) is 10.9 Å². The normalized spacial score (nSPS) is 14.3. The van der Waals surface area contributed by atoms with E-state index in [1.54, 1.807) is 36.5 Å². The highest BCUT2D eigenvalue weighted by Gasteiger charge is 2.25. The van der Waals surface area contributed by atoms with Crippen LogP contribution in [-0.2, 0) is 4.79 Å². The number of carbonyl (C=O) groups excluding carboxylic acids is 1. The van der Waals surface area contributed by atoms with Gasteiger partial charge in [0.15, 0.2) is 0 Å². The van der Waals surface area contributed by atoms with E-state index in [0.29, 0.717) is 17.2 Å². The molecule has 2 aromatic rings. The van der Waals surface area contributed by atoms with E-state index in [0.717, 1.165) is 19.3 Å². The van der Waals surface area contributed by atoms with Crippen molar-refractivity contribution in [2.45, 2.75) is 19.3 Å². The molecule has 1 aromatic heterocycles. The van der Waals surface area contributed by atoms with Crippen molar-refractivity contribution in [1.82, 2.24) is 4.98 Å². The number of aromatic nitrogens is 1. The van der Waals surface area contributed by atoms with Crippen LogP contribution in [0.2, 0.25) is 0 Å². The molecule has 108 valence electrons. The zero-order valence-corrected chi connectivity index (χ0v) is 11.5. The van der Waals surface area contributed by atoms with Gasteiger partial charge in [-0.2, -0.15) is 0 Å². The van der Waals surface area contributed by atoms with Crippen LogP contribution in [0.1, 0.15) is 19.3 Å². The summed E-state index contributed by atoms with van der Waals surface area (Å²) in [5.41, 5.74) is 1.03. The summed E-state index contributed by atoms with van der Waals surface area (Å²) in [7, 11) is 0. The van der Waals surface area contributed by atoms with Crippen LogP contribution >= 0.6 is 0 Å². The van der Waals surface area contributed by atoms with Crippen molar-refractivity contribution < 1.29 is 9.18 Å². The molecule has 1 saturated carbocycles. The van der Waals surface area contributed by atoms with Gasteiger partial charge in [0.1, 0.15) is 11.6 Å². The maximum Gasteiger partial charge on any atom is 0.227 e. The maximum atomic E-state index is 13.5. The number of rotatable bonds is 4. The Labute approximate surface area is 122 Å². The predicted molar refractivity (Wildman–Crippen MR) is 79.9 cm³/mol. The fourth-order valence-electron chi connectivity index (χ4n) is 2.16. The van der Waals surface area contributed by atoms with Crippen LogP contribution in [0, 0.1) is 11.7 Å². The summed E-state index contributed by atoms with van der Waals surface area (Å²) in [6, 6.07) is 9.88. The summed E-state index contributed by atoms with van der Waals surface area (Å²) in [5.74, 6) is 0.391. The number of nitrogens with one attached hydrogen (secondary N) is 2. The van der Waals surface area contributed by atoms with Crippen LogP contribution in [0.5, 0.6) is 0 Å². The molecule has 0 aliphatic heterocycles. The SMILES string of the molecule is O=C(Nc1ccc(Nc2ccccc2F)nc1)C1CCC1. The van der Waals surface area contributed by atoms with E-state index in [9.17, 15) is 9.18 Å². The van der Waals surface area contributed by atoms with Gasteiger partial charge in [0.2, 0.25) is 5.91 Å². The van der Waals surface area contributed by atoms with Gasteiger partial charge in [0.05, 0.1) is 17.6 Å². The Bertz CT molecular complexity index is 638. The van der Waals surface area contributed by atoms with E-state index in [2.05, 4.69) is 15.6 Å². The van der Waals surface area contributed by atoms with Gasteiger partial charge in [-0.1, -0.05) is 18.6 Å². The Morgan fingerprint density at radius 3 is 2.62 bits per heavy atom. The maximum absolute atomic E-state index is 13.5. The standard InChI is InChI=1S/C16H16FN3O/c17-13-6-1-2-7-14(13)20-15-9-8-12(10-18-15)19-16(21)11-4-3-5-11/h1-2,6-11H,3-5H2,(H,18,20)(H,19,21). The quantitative estimate of drug-likeness (QED) is 0.900. The fraction of sp³-hybridized carbons (Fsp3) is 0.250. The molecular weight excluding hydrogens is 269 g/mol. The molecule has 0 atom stereocenters. The number of anilines is 3. The van der Waals surface area contributed by atoms with Crippen LogP contribution in [0.3, 0.4) is 0 Å². The molecule has 1 amide bonds. The topological polar surface area (TPSA) is 54.0 Å². The molecular formula is C16H16FN3O. The number of nitrogens with zero attached hydrogens (tertiary/aromatic N) is 1. The lowest BCUT2D eigenvalue weighted by atomic mass is 9.85. The molecule has 21 heavy (non-hydrogen) atoms. The van der Waals surface area contributed by atoms with Crippen molar-refractivity contribution in [3.05, 3.63) is 48.4 Å². The highest BCUT2D eigenvalue weighted by Crippen LogP contribution is 2.27. The second-order valence-electron chi connectivity index (χ2n) is 5.15. The van der Waals surface area contributed by atoms with Gasteiger partial charge in [-0.15, -0.1) is 0 Å². The summed E-state index contributed by atoms with van der Waals surface area (Å²) in [5, 5.41) is 5.74. The van der Waals surface area contributed by atoms with Crippen LogP contribution < -0.4 is 10.6 Å². The molecule has 1 aliphatic carbocycles. The zero-order valence-electron chi connectivity index (χ0n) is 11.5. The number of hydrogen-bond acceptors (Lipinski definition) is 3. The Hall–Kier alpha value is -2.43. The second-order valence-corrected chi connectivity index (χ2v) is 5.15. The number of hydrogen-bond donors (Lipinski definition) is 2. The molecule has 0 unspecified atom stereocenters. The number of benzene rings is 1. The molecule has 0 bridgehead atoms. The molecule has 0 saturated heterocycles. The Balaban J connectivity index is 1.64. The van der Waals surface area contributed by atoms with Gasteiger partial charge in [-0.3, -0.25) is 4.79 Å². The summed E-state index contributed by atoms with van der Waals surface area (Å²) < 4.78 is 13.5. The number of halogens is 1. The highest BCUT2D eigenvalue weighted by atomic mass is 19.1. The smallest absolute Gasteiger partial charge is 0.227 e. The molecule has 4 nitrogen and oxygen atoms in total. The summed E-state index contributed by atoms with van der Waals surface area (Å²) in [4.78, 5) is 16.0. The lowest BCUT2D eigenvalue weighted by molar-refractivity contribution is -0.122. The van der Waals surface area contributed by atoms with E-state index >= 15 is 0 Å². The number of amides is 1. The summed E-state index contributed by atoms with van der Waals surface area (Å²) in [6.07, 6.45) is 4.62. The molecule has 1 fully saturated rings. The summed E-state index contributed by atoms with van der Waals surface area (Å²) in [6.45, 7) is 0. The lowest BCUT2D eigenvalue weighted by Crippen LogP contribution is -2.28. The van der Waals surface area contributed by atoms with Gasteiger partial charge in [0, 0.05) is 5.92 Å². The minimum absolute atomic E-state index is 0.0536. The number of para-hydroxylation sites is 1. The van der Waals surface area contributed by atoms with Gasteiger partial charge < -0.3 is 10.6 Å². The number of pyridine rings is 1. The minimum atomic E-state index is -0.332. The molecule has 0 spiro atoms. The van der Waals surface area contributed by atoms with Gasteiger partial charge in [-0.25, -0.2) is 9.37 Å². The predicted octanol–water partition coefficient (Wildman–Crippen LogP) is 3.70. The molecule has 2 N–H and O–H groups in total. The van der Waals surface area contributed by atoms with E-state index in [4.69, 9.17) is 0 Å². The first-order chi connectivity index (χ1) is 10.2. The lowest BCUT2D eigenvalue weighted by Gasteiger charge is -2.23. The molecule has 0 radical (unpaired) electrons. The molecule has 1 aromatic carbocycles. The van der Waals surface area contributed by atoms with E-state index in [1.807, 2.05) is 0 Å². The van der Waals surface area contributed by atoms with E-state index in [-0.39, 0.29) is 17.6 Å². The third-order valence-corrected chi connectivity index (χ3v) is 3.64. The summed E-state index contributed by atoms with van der Waals surface area (Å²) >= 11 is 0. The van der Waals surface area contributed by atoms with Crippen LogP contribution in [0.25, 0.3) is 0 Å². The average Bonchev–Trinajstić information content (AvgIpc) is 2.41. The first kappa shape index (κ1) is 13.5. The molecule has 5 heteroatoms. The Morgan fingerprint density at radius 2 is 2.00 bits per heavy atom.